The predicted molar refractivity (Wildman–Crippen MR) is 165 cm³/mol. The largest absolute Gasteiger partial charge is 0.477 e. The molecule has 3 fully saturated rings. The molecule has 4 bridgehead atoms. The minimum absolute atomic E-state index is 0.121. The van der Waals surface area contributed by atoms with Gasteiger partial charge >= 0.3 is 0 Å². The highest BCUT2D eigenvalue weighted by molar-refractivity contribution is 7.90. The Hall–Kier alpha value is -3.87. The van der Waals surface area contributed by atoms with E-state index in [1.165, 1.54) is 31.7 Å². The lowest BCUT2D eigenvalue weighted by atomic mass is 9.69. The molecule has 3 aromatic rings. The zero-order valence-corrected chi connectivity index (χ0v) is 26.0. The number of nitrogens with one attached hydrogen (secondary N) is 3. The van der Waals surface area contributed by atoms with Gasteiger partial charge in [-0.15, -0.1) is 5.10 Å². The molecule has 1 spiro atoms. The molecule has 12 nitrogen and oxygen atoms in total. The zero-order valence-electron chi connectivity index (χ0n) is 25.1. The third-order valence-electron chi connectivity index (χ3n) is 10.0. The quantitative estimate of drug-likeness (QED) is 0.386. The average Bonchev–Trinajstić information content (AvgIpc) is 3.58. The lowest BCUT2D eigenvalue weighted by Gasteiger charge is -2.37. The molecule has 7 rings (SSSR count). The number of H-pyrrole nitrogens is 1. The predicted octanol–water partition coefficient (Wildman–Crippen LogP) is 3.84. The Kier molecular flexibility index (Phi) is 6.98. The van der Waals surface area contributed by atoms with Crippen molar-refractivity contribution in [1.29, 1.82) is 0 Å². The first kappa shape index (κ1) is 28.9. The van der Waals surface area contributed by atoms with Gasteiger partial charge in [-0.1, -0.05) is 0 Å². The number of carbonyl (C=O) groups excluding carboxylic acids is 1. The lowest BCUT2D eigenvalue weighted by molar-refractivity contribution is 0.0981. The van der Waals surface area contributed by atoms with Gasteiger partial charge in [0.2, 0.25) is 5.88 Å². The van der Waals surface area contributed by atoms with E-state index >= 15 is 0 Å². The van der Waals surface area contributed by atoms with E-state index in [1.54, 1.807) is 23.0 Å². The highest BCUT2D eigenvalue weighted by atomic mass is 32.2. The molecule has 3 aromatic heterocycles. The zero-order chi connectivity index (χ0) is 30.7. The van der Waals surface area contributed by atoms with Crippen LogP contribution in [0.1, 0.15) is 75.6 Å². The summed E-state index contributed by atoms with van der Waals surface area (Å²) in [4.78, 5) is 35.6. The summed E-state index contributed by atoms with van der Waals surface area (Å²) < 4.78 is 36.3. The number of nitrogens with zero attached hydrogens (tertiary/aromatic N) is 4. The highest BCUT2D eigenvalue weighted by Crippen LogP contribution is 2.65. The number of hydrogen-bond donors (Lipinski definition) is 3. The van der Waals surface area contributed by atoms with Crippen molar-refractivity contribution in [3.05, 3.63) is 52.3 Å². The number of aromatic amines is 1. The van der Waals surface area contributed by atoms with Crippen LogP contribution >= 0.6 is 0 Å². The summed E-state index contributed by atoms with van der Waals surface area (Å²) in [5.74, 6) is 1.95. The van der Waals surface area contributed by atoms with Crippen molar-refractivity contribution < 1.29 is 17.9 Å². The molecule has 5 heterocycles. The average molecular weight is 622 g/mol. The molecule has 2 aliphatic carbocycles. The second-order valence-electron chi connectivity index (χ2n) is 13.5. The van der Waals surface area contributed by atoms with Crippen LogP contribution in [0, 0.1) is 17.3 Å². The maximum atomic E-state index is 13.6. The van der Waals surface area contributed by atoms with Crippen molar-refractivity contribution in [2.24, 2.45) is 17.3 Å². The molecule has 3 N–H and O–H groups in total. The number of pyridine rings is 2. The topological polar surface area (TPSA) is 151 Å². The van der Waals surface area contributed by atoms with Gasteiger partial charge in [0.15, 0.2) is 16.3 Å². The van der Waals surface area contributed by atoms with Crippen LogP contribution in [0.2, 0.25) is 0 Å². The number of aromatic nitrogens is 4. The van der Waals surface area contributed by atoms with Gasteiger partial charge < -0.3 is 19.9 Å². The Balaban J connectivity index is 1.19. The SMILES string of the molecule is CC1(C)C[C@@H]2CCCNc3cc(=O)cc([nH]3)S(=O)(=O)NC(=O)c3ccc(-n4ccc(OCCC5CCC56CC6)n4)nc3N1C2. The third kappa shape index (κ3) is 5.46. The number of fused-ring (bicyclic) bond motifs is 6. The van der Waals surface area contributed by atoms with Crippen molar-refractivity contribution in [3.8, 4) is 11.7 Å². The van der Waals surface area contributed by atoms with Crippen molar-refractivity contribution in [1.82, 2.24) is 24.5 Å². The number of rotatable bonds is 5. The van der Waals surface area contributed by atoms with E-state index in [0.717, 1.165) is 37.7 Å². The maximum absolute atomic E-state index is 13.6. The van der Waals surface area contributed by atoms with E-state index < -0.39 is 26.4 Å². The van der Waals surface area contributed by atoms with Gasteiger partial charge in [0.25, 0.3) is 15.9 Å². The number of ether oxygens (including phenoxy) is 1. The van der Waals surface area contributed by atoms with E-state index in [2.05, 4.69) is 38.9 Å². The molecule has 2 atom stereocenters. The fourth-order valence-corrected chi connectivity index (χ4v) is 8.33. The van der Waals surface area contributed by atoms with E-state index in [1.807, 2.05) is 6.07 Å². The molecule has 4 aliphatic rings. The molecule has 2 aliphatic heterocycles. The molecular formula is C31H39N7O5S. The van der Waals surface area contributed by atoms with E-state index in [0.29, 0.717) is 48.5 Å². The Morgan fingerprint density at radius 3 is 2.70 bits per heavy atom. The van der Waals surface area contributed by atoms with Crippen molar-refractivity contribution in [2.75, 3.05) is 29.9 Å². The van der Waals surface area contributed by atoms with Crippen LogP contribution in [-0.2, 0) is 10.0 Å². The first-order valence-corrected chi connectivity index (χ1v) is 17.0. The van der Waals surface area contributed by atoms with E-state index in [4.69, 9.17) is 9.72 Å². The van der Waals surface area contributed by atoms with Gasteiger partial charge in [-0.2, -0.15) is 8.42 Å². The second kappa shape index (κ2) is 10.6. The summed E-state index contributed by atoms with van der Waals surface area (Å²) in [6, 6.07) is 7.31. The molecule has 0 radical (unpaired) electrons. The standard InChI is InChI=1S/C31H39N7O5S/c1-30(2)18-20-4-3-13-32-24-16-22(39)17-27(33-24)44(41,42)36-29(40)23-5-6-25(34-28(23)37(30)19-20)38-14-8-26(35-38)43-15-9-21-7-10-31(21)11-12-31/h5-6,8,14,16-17,20-21H,3-4,7,9-13,15,18-19H2,1-2H3,(H,36,40)(H2,32,33,39)/t20-,21?/m0/s1. The second-order valence-corrected chi connectivity index (χ2v) is 15.1. The fourth-order valence-electron chi connectivity index (χ4n) is 7.35. The molecular weight excluding hydrogens is 582 g/mol. The summed E-state index contributed by atoms with van der Waals surface area (Å²) in [6.45, 7) is 6.09. The summed E-state index contributed by atoms with van der Waals surface area (Å²) in [5.41, 5.74) is -0.0777. The van der Waals surface area contributed by atoms with Gasteiger partial charge in [0, 0.05) is 43.0 Å². The van der Waals surface area contributed by atoms with Crippen LogP contribution in [-0.4, -0.2) is 59.3 Å². The van der Waals surface area contributed by atoms with Crippen molar-refractivity contribution >= 4 is 27.6 Å². The molecule has 44 heavy (non-hydrogen) atoms. The van der Waals surface area contributed by atoms with Crippen LogP contribution in [0.3, 0.4) is 0 Å². The third-order valence-corrected chi connectivity index (χ3v) is 11.3. The lowest BCUT2D eigenvalue weighted by Crippen LogP contribution is -2.41. The molecule has 2 saturated carbocycles. The molecule has 0 aromatic carbocycles. The van der Waals surface area contributed by atoms with E-state index in [9.17, 15) is 18.0 Å². The van der Waals surface area contributed by atoms with Gasteiger partial charge in [0.05, 0.1) is 12.2 Å². The van der Waals surface area contributed by atoms with Gasteiger partial charge in [-0.05, 0) is 94.6 Å². The first-order chi connectivity index (χ1) is 21.0. The molecule has 1 saturated heterocycles. The maximum Gasteiger partial charge on any atom is 0.279 e. The van der Waals surface area contributed by atoms with E-state index in [-0.39, 0.29) is 16.9 Å². The Morgan fingerprint density at radius 1 is 1.09 bits per heavy atom. The van der Waals surface area contributed by atoms with Crippen LogP contribution in [0.4, 0.5) is 11.6 Å². The number of hydrogen-bond acceptors (Lipinski definition) is 9. The molecule has 1 unspecified atom stereocenters. The van der Waals surface area contributed by atoms with Crippen LogP contribution in [0.5, 0.6) is 5.88 Å². The summed E-state index contributed by atoms with van der Waals surface area (Å²) >= 11 is 0. The van der Waals surface area contributed by atoms with Crippen LogP contribution in [0.25, 0.3) is 5.82 Å². The molecule has 13 heteroatoms. The smallest absolute Gasteiger partial charge is 0.279 e. The van der Waals surface area contributed by atoms with Crippen molar-refractivity contribution in [3.63, 3.8) is 0 Å². The summed E-state index contributed by atoms with van der Waals surface area (Å²) in [6.07, 6.45) is 10.8. The number of anilines is 2. The number of amides is 1. The Morgan fingerprint density at radius 2 is 1.93 bits per heavy atom. The van der Waals surface area contributed by atoms with Crippen molar-refractivity contribution in [2.45, 2.75) is 75.8 Å². The molecule has 1 amide bonds. The van der Waals surface area contributed by atoms with Gasteiger partial charge in [0.1, 0.15) is 11.6 Å². The fraction of sp³-hybridized carbons (Fsp3) is 0.548. The Labute approximate surface area is 256 Å². The first-order valence-electron chi connectivity index (χ1n) is 15.5. The van der Waals surface area contributed by atoms with Crippen LogP contribution < -0.4 is 25.1 Å². The molecule has 234 valence electrons. The minimum Gasteiger partial charge on any atom is -0.477 e. The van der Waals surface area contributed by atoms with Gasteiger partial charge in [-0.25, -0.2) is 14.4 Å². The highest BCUT2D eigenvalue weighted by Gasteiger charge is 2.54. The summed E-state index contributed by atoms with van der Waals surface area (Å²) in [5, 5.41) is 7.32. The summed E-state index contributed by atoms with van der Waals surface area (Å²) in [7, 11) is -4.39. The Bertz CT molecular complexity index is 1760. The number of carbonyl (C=O) groups is 1. The normalized spacial score (nSPS) is 24.7. The van der Waals surface area contributed by atoms with Crippen LogP contribution in [0.15, 0.2) is 46.3 Å². The minimum atomic E-state index is -4.39. The monoisotopic (exact) mass is 621 g/mol. The van der Waals surface area contributed by atoms with Gasteiger partial charge in [-0.3, -0.25) is 9.59 Å². The number of sulfonamides is 1.